The standard InChI is InChI=1S/C7H12N4O/c1-9-3-5-11-4-2-6(8)10-7(11)12/h2,4,9H,3,5H2,1H3,(H2,8,10,12). The summed E-state index contributed by atoms with van der Waals surface area (Å²) in [4.78, 5) is 14.7. The number of hydrogen-bond acceptors (Lipinski definition) is 4. The number of nitrogens with zero attached hydrogens (tertiary/aromatic N) is 2. The first-order chi connectivity index (χ1) is 5.74. The SMILES string of the molecule is CNCCn1ccc(N)nc1=O. The van der Waals surface area contributed by atoms with Crippen LogP contribution in [-0.4, -0.2) is 23.1 Å². The van der Waals surface area contributed by atoms with E-state index in [1.807, 2.05) is 7.05 Å². The Bertz CT molecular complexity index is 307. The highest BCUT2D eigenvalue weighted by Crippen LogP contribution is 1.88. The third-order valence-corrected chi connectivity index (χ3v) is 1.50. The van der Waals surface area contributed by atoms with Crippen molar-refractivity contribution in [2.45, 2.75) is 6.54 Å². The molecule has 0 aliphatic rings. The van der Waals surface area contributed by atoms with Gasteiger partial charge in [-0.1, -0.05) is 0 Å². The Morgan fingerprint density at radius 2 is 2.50 bits per heavy atom. The van der Waals surface area contributed by atoms with E-state index in [0.29, 0.717) is 6.54 Å². The summed E-state index contributed by atoms with van der Waals surface area (Å²) in [6.45, 7) is 1.36. The van der Waals surface area contributed by atoms with Gasteiger partial charge in [-0.2, -0.15) is 4.98 Å². The second-order valence-electron chi connectivity index (χ2n) is 2.43. The van der Waals surface area contributed by atoms with Crippen molar-refractivity contribution >= 4 is 5.82 Å². The van der Waals surface area contributed by atoms with Crippen LogP contribution >= 0.6 is 0 Å². The molecule has 0 saturated heterocycles. The lowest BCUT2D eigenvalue weighted by Crippen LogP contribution is -2.27. The molecule has 1 aromatic rings. The van der Waals surface area contributed by atoms with Crippen molar-refractivity contribution in [3.8, 4) is 0 Å². The van der Waals surface area contributed by atoms with E-state index in [-0.39, 0.29) is 11.5 Å². The first kappa shape index (κ1) is 8.73. The average molecular weight is 168 g/mol. The maximum Gasteiger partial charge on any atom is 0.349 e. The van der Waals surface area contributed by atoms with Crippen molar-refractivity contribution < 1.29 is 0 Å². The minimum Gasteiger partial charge on any atom is -0.383 e. The smallest absolute Gasteiger partial charge is 0.349 e. The summed E-state index contributed by atoms with van der Waals surface area (Å²) < 4.78 is 1.51. The topological polar surface area (TPSA) is 72.9 Å². The Labute approximate surface area is 70.2 Å². The number of nitrogens with one attached hydrogen (secondary N) is 1. The fourth-order valence-electron chi connectivity index (χ4n) is 0.844. The molecule has 0 saturated carbocycles. The van der Waals surface area contributed by atoms with Gasteiger partial charge < -0.3 is 11.1 Å². The van der Waals surface area contributed by atoms with Gasteiger partial charge in [-0.25, -0.2) is 4.79 Å². The number of hydrogen-bond donors (Lipinski definition) is 2. The molecule has 0 amide bonds. The lowest BCUT2D eigenvalue weighted by atomic mass is 10.5. The fraction of sp³-hybridized carbons (Fsp3) is 0.429. The zero-order chi connectivity index (χ0) is 8.97. The van der Waals surface area contributed by atoms with Crippen molar-refractivity contribution in [1.29, 1.82) is 0 Å². The maximum atomic E-state index is 11.1. The van der Waals surface area contributed by atoms with E-state index in [1.54, 1.807) is 12.3 Å². The molecule has 0 fully saturated rings. The highest BCUT2D eigenvalue weighted by molar-refractivity contribution is 5.23. The predicted octanol–water partition coefficient (Wildman–Crippen LogP) is -0.955. The second kappa shape index (κ2) is 3.87. The molecule has 0 unspecified atom stereocenters. The van der Waals surface area contributed by atoms with E-state index in [4.69, 9.17) is 5.73 Å². The van der Waals surface area contributed by atoms with Crippen molar-refractivity contribution in [1.82, 2.24) is 14.9 Å². The molecule has 0 radical (unpaired) electrons. The molecule has 5 heteroatoms. The summed E-state index contributed by atoms with van der Waals surface area (Å²) in [7, 11) is 1.83. The number of likely N-dealkylation sites (N-methyl/N-ethyl adjacent to an activating group) is 1. The number of nitrogens with two attached hydrogens (primary N) is 1. The molecule has 1 heterocycles. The van der Waals surface area contributed by atoms with Crippen LogP contribution in [0.2, 0.25) is 0 Å². The lowest BCUT2D eigenvalue weighted by Gasteiger charge is -2.03. The lowest BCUT2D eigenvalue weighted by molar-refractivity contribution is 0.613. The van der Waals surface area contributed by atoms with Gasteiger partial charge in [0.1, 0.15) is 5.82 Å². The van der Waals surface area contributed by atoms with Gasteiger partial charge in [0.25, 0.3) is 0 Å². The zero-order valence-corrected chi connectivity index (χ0v) is 6.95. The molecule has 0 aromatic carbocycles. The molecule has 0 aliphatic carbocycles. The van der Waals surface area contributed by atoms with Crippen LogP contribution in [-0.2, 0) is 6.54 Å². The normalized spacial score (nSPS) is 10.1. The van der Waals surface area contributed by atoms with Gasteiger partial charge in [-0.05, 0) is 13.1 Å². The number of rotatable bonds is 3. The Hall–Kier alpha value is -1.36. The second-order valence-corrected chi connectivity index (χ2v) is 2.43. The van der Waals surface area contributed by atoms with Crippen LogP contribution < -0.4 is 16.7 Å². The van der Waals surface area contributed by atoms with E-state index in [9.17, 15) is 4.79 Å². The fourth-order valence-corrected chi connectivity index (χ4v) is 0.844. The summed E-state index contributed by atoms with van der Waals surface area (Å²) in [6, 6.07) is 1.61. The molecule has 5 nitrogen and oxygen atoms in total. The quantitative estimate of drug-likeness (QED) is 0.610. The summed E-state index contributed by atoms with van der Waals surface area (Å²) in [5.41, 5.74) is 5.02. The van der Waals surface area contributed by atoms with E-state index in [0.717, 1.165) is 6.54 Å². The van der Waals surface area contributed by atoms with Crippen molar-refractivity contribution in [2.24, 2.45) is 0 Å². The van der Waals surface area contributed by atoms with Crippen molar-refractivity contribution in [2.75, 3.05) is 19.3 Å². The van der Waals surface area contributed by atoms with Crippen LogP contribution in [0.1, 0.15) is 0 Å². The molecule has 0 aliphatic heterocycles. The van der Waals surface area contributed by atoms with Gasteiger partial charge in [0, 0.05) is 19.3 Å². The van der Waals surface area contributed by atoms with Gasteiger partial charge >= 0.3 is 5.69 Å². The van der Waals surface area contributed by atoms with Gasteiger partial charge in [0.2, 0.25) is 0 Å². The molecule has 0 spiro atoms. The molecule has 1 rings (SSSR count). The highest BCUT2D eigenvalue weighted by Gasteiger charge is 1.95. The summed E-state index contributed by atoms with van der Waals surface area (Å²) in [5.74, 6) is 0.265. The summed E-state index contributed by atoms with van der Waals surface area (Å²) >= 11 is 0. The van der Waals surface area contributed by atoms with Crippen molar-refractivity contribution in [3.05, 3.63) is 22.7 Å². The van der Waals surface area contributed by atoms with Gasteiger partial charge in [0.15, 0.2) is 0 Å². The van der Waals surface area contributed by atoms with Crippen LogP contribution in [0.15, 0.2) is 17.1 Å². The molecular formula is C7H12N4O. The summed E-state index contributed by atoms with van der Waals surface area (Å²) in [5, 5.41) is 2.94. The molecule has 0 bridgehead atoms. The third kappa shape index (κ3) is 2.06. The zero-order valence-electron chi connectivity index (χ0n) is 6.95. The predicted molar refractivity (Wildman–Crippen MR) is 46.8 cm³/mol. The van der Waals surface area contributed by atoms with Gasteiger partial charge in [-0.3, -0.25) is 4.57 Å². The number of aromatic nitrogens is 2. The maximum absolute atomic E-state index is 11.1. The molecule has 12 heavy (non-hydrogen) atoms. The van der Waals surface area contributed by atoms with Crippen LogP contribution in [0.25, 0.3) is 0 Å². The molecule has 66 valence electrons. The molecule has 1 aromatic heterocycles. The minimum atomic E-state index is -0.301. The van der Waals surface area contributed by atoms with Crippen LogP contribution in [0, 0.1) is 0 Å². The monoisotopic (exact) mass is 168 g/mol. The third-order valence-electron chi connectivity index (χ3n) is 1.50. The first-order valence-corrected chi connectivity index (χ1v) is 3.71. The molecule has 3 N–H and O–H groups in total. The number of nitrogen functional groups attached to an aromatic ring is 1. The van der Waals surface area contributed by atoms with Gasteiger partial charge in [-0.15, -0.1) is 0 Å². The summed E-state index contributed by atoms with van der Waals surface area (Å²) in [6.07, 6.45) is 1.64. The van der Waals surface area contributed by atoms with E-state index in [1.165, 1.54) is 4.57 Å². The van der Waals surface area contributed by atoms with E-state index in [2.05, 4.69) is 10.3 Å². The highest BCUT2D eigenvalue weighted by atomic mass is 16.1. The van der Waals surface area contributed by atoms with Crippen LogP contribution in [0.3, 0.4) is 0 Å². The Morgan fingerprint density at radius 1 is 1.75 bits per heavy atom. The van der Waals surface area contributed by atoms with Crippen LogP contribution in [0.4, 0.5) is 5.82 Å². The van der Waals surface area contributed by atoms with E-state index < -0.39 is 0 Å². The Morgan fingerprint density at radius 3 is 3.08 bits per heavy atom. The van der Waals surface area contributed by atoms with Gasteiger partial charge in [0.05, 0.1) is 0 Å². The molecular weight excluding hydrogens is 156 g/mol. The van der Waals surface area contributed by atoms with Crippen molar-refractivity contribution in [3.63, 3.8) is 0 Å². The minimum absolute atomic E-state index is 0.265. The molecule has 0 atom stereocenters. The van der Waals surface area contributed by atoms with E-state index >= 15 is 0 Å². The largest absolute Gasteiger partial charge is 0.383 e. The average Bonchev–Trinajstić information content (AvgIpc) is 2.03. The first-order valence-electron chi connectivity index (χ1n) is 3.71. The Balaban J connectivity index is 2.80. The Kier molecular flexibility index (Phi) is 2.82. The number of anilines is 1. The van der Waals surface area contributed by atoms with Crippen LogP contribution in [0.5, 0.6) is 0 Å².